The summed E-state index contributed by atoms with van der Waals surface area (Å²) in [7, 11) is 1.66. The summed E-state index contributed by atoms with van der Waals surface area (Å²) >= 11 is 0. The third-order valence-electron chi connectivity index (χ3n) is 2.57. The molecule has 4 heteroatoms. The lowest BCUT2D eigenvalue weighted by atomic mass is 10.2. The highest BCUT2D eigenvalue weighted by atomic mass is 16.3. The van der Waals surface area contributed by atoms with Crippen molar-refractivity contribution in [2.75, 3.05) is 11.9 Å². The van der Waals surface area contributed by atoms with Crippen molar-refractivity contribution >= 4 is 11.6 Å². The topological polar surface area (TPSA) is 53.4 Å². The van der Waals surface area contributed by atoms with Crippen molar-refractivity contribution < 1.29 is 9.90 Å². The van der Waals surface area contributed by atoms with Crippen LogP contribution in [0.25, 0.3) is 0 Å². The number of aromatic hydroxyl groups is 1. The van der Waals surface area contributed by atoms with Crippen LogP contribution in [0.5, 0.6) is 5.75 Å². The van der Waals surface area contributed by atoms with Gasteiger partial charge in [0.05, 0.1) is 0 Å². The molecule has 0 atom stereocenters. The number of phenols is 1. The predicted octanol–water partition coefficient (Wildman–Crippen LogP) is 2.25. The average Bonchev–Trinajstić information content (AvgIpc) is 2.38. The Labute approximate surface area is 106 Å². The molecule has 0 bridgehead atoms. The van der Waals surface area contributed by atoms with Gasteiger partial charge in [0.25, 0.3) is 5.91 Å². The summed E-state index contributed by atoms with van der Waals surface area (Å²) in [4.78, 5) is 17.7. The Bertz CT molecular complexity index is 564. The Morgan fingerprint density at radius 3 is 2.50 bits per heavy atom. The number of carbonyl (C=O) groups excluding carboxylic acids is 1. The number of carbonyl (C=O) groups is 1. The van der Waals surface area contributed by atoms with Gasteiger partial charge in [0.2, 0.25) is 0 Å². The average molecular weight is 241 g/mol. The number of amides is 1. The molecule has 1 aromatic heterocycles. The van der Waals surface area contributed by atoms with Crippen molar-refractivity contribution in [1.82, 2.24) is 4.98 Å². The summed E-state index contributed by atoms with van der Waals surface area (Å²) < 4.78 is 0. The summed E-state index contributed by atoms with van der Waals surface area (Å²) in [5.41, 5.74) is 1.59. The number of hydrogen-bond donors (Lipinski definition) is 1. The van der Waals surface area contributed by atoms with Gasteiger partial charge in [-0.2, -0.15) is 0 Å². The standard InChI is InChI=1S/C14H13N2O2/c1-10-4-3-5-13(15-10)14(18)16(2)11-6-8-12(17)9-7-11/h3-9,17H,1H2,2H3. The van der Waals surface area contributed by atoms with Gasteiger partial charge in [-0.25, -0.2) is 4.98 Å². The molecular weight excluding hydrogens is 228 g/mol. The van der Waals surface area contributed by atoms with Crippen LogP contribution < -0.4 is 4.90 Å². The largest absolute Gasteiger partial charge is 0.508 e. The highest BCUT2D eigenvalue weighted by molar-refractivity contribution is 6.04. The second kappa shape index (κ2) is 4.87. The van der Waals surface area contributed by atoms with Crippen LogP contribution in [0.15, 0.2) is 42.5 Å². The molecular formula is C14H13N2O2. The lowest BCUT2D eigenvalue weighted by Crippen LogP contribution is -2.27. The third-order valence-corrected chi connectivity index (χ3v) is 2.57. The van der Waals surface area contributed by atoms with E-state index in [2.05, 4.69) is 11.9 Å². The van der Waals surface area contributed by atoms with Crippen molar-refractivity contribution in [2.45, 2.75) is 0 Å². The first kappa shape index (κ1) is 12.1. The van der Waals surface area contributed by atoms with Crippen LogP contribution in [0, 0.1) is 6.92 Å². The Kier molecular flexibility index (Phi) is 3.28. The molecule has 18 heavy (non-hydrogen) atoms. The number of nitrogens with zero attached hydrogens (tertiary/aromatic N) is 2. The van der Waals surface area contributed by atoms with Crippen LogP contribution >= 0.6 is 0 Å². The fourth-order valence-corrected chi connectivity index (χ4v) is 1.56. The molecule has 1 amide bonds. The molecule has 0 aliphatic rings. The van der Waals surface area contributed by atoms with Crippen molar-refractivity contribution in [3.63, 3.8) is 0 Å². The van der Waals surface area contributed by atoms with Crippen LogP contribution in [0.3, 0.4) is 0 Å². The van der Waals surface area contributed by atoms with Gasteiger partial charge >= 0.3 is 0 Å². The maximum atomic E-state index is 12.2. The van der Waals surface area contributed by atoms with Crippen LogP contribution in [0.1, 0.15) is 16.2 Å². The van der Waals surface area contributed by atoms with E-state index < -0.39 is 0 Å². The van der Waals surface area contributed by atoms with Gasteiger partial charge in [-0.3, -0.25) is 4.79 Å². The van der Waals surface area contributed by atoms with E-state index >= 15 is 0 Å². The number of aromatic nitrogens is 1. The molecule has 0 saturated carbocycles. The van der Waals surface area contributed by atoms with E-state index in [1.54, 1.807) is 37.4 Å². The van der Waals surface area contributed by atoms with Crippen molar-refractivity contribution in [3.8, 4) is 5.75 Å². The minimum atomic E-state index is -0.216. The van der Waals surface area contributed by atoms with E-state index in [1.165, 1.54) is 17.0 Å². The molecule has 2 aromatic rings. The summed E-state index contributed by atoms with van der Waals surface area (Å²) in [6.07, 6.45) is 0. The fourth-order valence-electron chi connectivity index (χ4n) is 1.56. The Balaban J connectivity index is 2.26. The van der Waals surface area contributed by atoms with Gasteiger partial charge in [-0.15, -0.1) is 0 Å². The highest BCUT2D eigenvalue weighted by Gasteiger charge is 2.14. The van der Waals surface area contributed by atoms with Gasteiger partial charge in [0.1, 0.15) is 11.4 Å². The Morgan fingerprint density at radius 1 is 1.22 bits per heavy atom. The lowest BCUT2D eigenvalue weighted by Gasteiger charge is -2.17. The first-order chi connectivity index (χ1) is 8.58. The van der Waals surface area contributed by atoms with Gasteiger partial charge in [0, 0.05) is 18.4 Å². The molecule has 0 fully saturated rings. The zero-order chi connectivity index (χ0) is 13.1. The van der Waals surface area contributed by atoms with E-state index in [4.69, 9.17) is 0 Å². The molecule has 1 heterocycles. The number of pyridine rings is 1. The smallest absolute Gasteiger partial charge is 0.276 e. The van der Waals surface area contributed by atoms with Gasteiger partial charge < -0.3 is 10.0 Å². The van der Waals surface area contributed by atoms with Crippen molar-refractivity contribution in [1.29, 1.82) is 0 Å². The molecule has 0 unspecified atom stereocenters. The van der Waals surface area contributed by atoms with Crippen LogP contribution in [-0.4, -0.2) is 23.0 Å². The van der Waals surface area contributed by atoms with E-state index in [-0.39, 0.29) is 11.7 Å². The van der Waals surface area contributed by atoms with Crippen molar-refractivity contribution in [2.24, 2.45) is 0 Å². The molecule has 2 rings (SSSR count). The number of rotatable bonds is 2. The van der Waals surface area contributed by atoms with Crippen LogP contribution in [-0.2, 0) is 0 Å². The number of benzene rings is 1. The molecule has 4 nitrogen and oxygen atoms in total. The van der Waals surface area contributed by atoms with E-state index in [0.29, 0.717) is 17.1 Å². The molecule has 0 aliphatic carbocycles. The number of phenolic OH excluding ortho intramolecular Hbond substituents is 1. The van der Waals surface area contributed by atoms with Gasteiger partial charge in [-0.05, 0) is 43.3 Å². The molecule has 0 spiro atoms. The highest BCUT2D eigenvalue weighted by Crippen LogP contribution is 2.18. The fraction of sp³-hybridized carbons (Fsp3) is 0.0714. The molecule has 1 radical (unpaired) electrons. The van der Waals surface area contributed by atoms with E-state index in [0.717, 1.165) is 0 Å². The van der Waals surface area contributed by atoms with E-state index in [1.807, 2.05) is 0 Å². The monoisotopic (exact) mass is 241 g/mol. The first-order valence-corrected chi connectivity index (χ1v) is 5.44. The van der Waals surface area contributed by atoms with E-state index in [9.17, 15) is 9.90 Å². The van der Waals surface area contributed by atoms with Crippen LogP contribution in [0.2, 0.25) is 0 Å². The molecule has 91 valence electrons. The summed E-state index contributed by atoms with van der Waals surface area (Å²) in [6.45, 7) is 3.69. The quantitative estimate of drug-likeness (QED) is 0.877. The first-order valence-electron chi connectivity index (χ1n) is 5.44. The summed E-state index contributed by atoms with van der Waals surface area (Å²) in [5, 5.41) is 9.21. The van der Waals surface area contributed by atoms with Crippen molar-refractivity contribution in [3.05, 3.63) is 60.8 Å². The summed E-state index contributed by atoms with van der Waals surface area (Å²) in [5.74, 6) is -0.0522. The Hall–Kier alpha value is -2.36. The normalized spacial score (nSPS) is 10.1. The van der Waals surface area contributed by atoms with Crippen LogP contribution in [0.4, 0.5) is 5.69 Å². The van der Waals surface area contributed by atoms with Gasteiger partial charge in [0.15, 0.2) is 0 Å². The second-order valence-corrected chi connectivity index (χ2v) is 3.89. The maximum Gasteiger partial charge on any atom is 0.276 e. The minimum Gasteiger partial charge on any atom is -0.508 e. The zero-order valence-corrected chi connectivity index (χ0v) is 10.00. The minimum absolute atomic E-state index is 0.164. The lowest BCUT2D eigenvalue weighted by molar-refractivity contribution is 0.0988. The Morgan fingerprint density at radius 2 is 1.89 bits per heavy atom. The third kappa shape index (κ3) is 2.48. The molecule has 1 aromatic carbocycles. The predicted molar refractivity (Wildman–Crippen MR) is 69.5 cm³/mol. The maximum absolute atomic E-state index is 12.2. The molecule has 1 N–H and O–H groups in total. The molecule has 0 saturated heterocycles. The van der Waals surface area contributed by atoms with Gasteiger partial charge in [-0.1, -0.05) is 6.07 Å². The zero-order valence-electron chi connectivity index (χ0n) is 10.00. The molecule has 0 aliphatic heterocycles. The SMILES string of the molecule is [CH2]c1cccc(C(=O)N(C)c2ccc(O)cc2)n1. The number of anilines is 1. The number of hydrogen-bond acceptors (Lipinski definition) is 3. The summed E-state index contributed by atoms with van der Waals surface area (Å²) in [6, 6.07) is 11.5. The second-order valence-electron chi connectivity index (χ2n) is 3.89.